The second-order valence-corrected chi connectivity index (χ2v) is 5.69. The highest BCUT2D eigenvalue weighted by Gasteiger charge is 2.32. The fourth-order valence-corrected chi connectivity index (χ4v) is 3.07. The van der Waals surface area contributed by atoms with Crippen LogP contribution in [0.4, 0.5) is 0 Å². The van der Waals surface area contributed by atoms with E-state index in [2.05, 4.69) is 23.6 Å². The van der Waals surface area contributed by atoms with E-state index in [4.69, 9.17) is 10.5 Å². The molecule has 0 amide bonds. The molecule has 2 rings (SSSR count). The maximum absolute atomic E-state index is 6.47. The van der Waals surface area contributed by atoms with Crippen LogP contribution in [0.5, 0.6) is 0 Å². The standard InChI is InChI=1S/C13H27N3O/c1-3-16-7-6-15(10-12(16)2)11-13(14)4-8-17-9-5-13/h12H,3-11,14H2,1-2H3. The summed E-state index contributed by atoms with van der Waals surface area (Å²) in [5, 5.41) is 0. The van der Waals surface area contributed by atoms with Gasteiger partial charge in [0.05, 0.1) is 0 Å². The largest absolute Gasteiger partial charge is 0.381 e. The van der Waals surface area contributed by atoms with Crippen LogP contribution in [0.2, 0.25) is 0 Å². The molecular weight excluding hydrogens is 214 g/mol. The Bertz CT molecular complexity index is 241. The van der Waals surface area contributed by atoms with Crippen molar-refractivity contribution in [2.75, 3.05) is 45.9 Å². The van der Waals surface area contributed by atoms with Crippen LogP contribution in [0.1, 0.15) is 26.7 Å². The highest BCUT2D eigenvalue weighted by molar-refractivity contribution is 4.91. The molecule has 0 aliphatic carbocycles. The molecule has 2 aliphatic rings. The van der Waals surface area contributed by atoms with Crippen molar-refractivity contribution in [1.29, 1.82) is 0 Å². The molecule has 0 aromatic rings. The summed E-state index contributed by atoms with van der Waals surface area (Å²) in [6, 6.07) is 0.664. The maximum Gasteiger partial charge on any atom is 0.0484 e. The number of nitrogens with zero attached hydrogens (tertiary/aromatic N) is 2. The van der Waals surface area contributed by atoms with Crippen LogP contribution < -0.4 is 5.73 Å². The molecule has 2 saturated heterocycles. The van der Waals surface area contributed by atoms with Crippen molar-refractivity contribution in [3.63, 3.8) is 0 Å². The molecule has 1 unspecified atom stereocenters. The first-order valence-electron chi connectivity index (χ1n) is 6.96. The molecule has 2 fully saturated rings. The van der Waals surface area contributed by atoms with Gasteiger partial charge < -0.3 is 10.5 Å². The van der Waals surface area contributed by atoms with Crippen molar-refractivity contribution in [1.82, 2.24) is 9.80 Å². The number of hydrogen-bond donors (Lipinski definition) is 1. The summed E-state index contributed by atoms with van der Waals surface area (Å²) in [5.41, 5.74) is 6.46. The monoisotopic (exact) mass is 241 g/mol. The zero-order valence-electron chi connectivity index (χ0n) is 11.3. The van der Waals surface area contributed by atoms with Gasteiger partial charge in [-0.3, -0.25) is 9.80 Å². The van der Waals surface area contributed by atoms with Gasteiger partial charge in [-0.05, 0) is 26.3 Å². The smallest absolute Gasteiger partial charge is 0.0484 e. The van der Waals surface area contributed by atoms with Crippen LogP contribution >= 0.6 is 0 Å². The van der Waals surface area contributed by atoms with Gasteiger partial charge in [-0.1, -0.05) is 6.92 Å². The van der Waals surface area contributed by atoms with Crippen LogP contribution in [0, 0.1) is 0 Å². The average Bonchev–Trinajstić information content (AvgIpc) is 2.29. The maximum atomic E-state index is 6.47. The molecule has 17 heavy (non-hydrogen) atoms. The minimum absolute atomic E-state index is 0.00758. The molecule has 2 aliphatic heterocycles. The summed E-state index contributed by atoms with van der Waals surface area (Å²) in [4.78, 5) is 5.09. The second kappa shape index (κ2) is 5.65. The van der Waals surface area contributed by atoms with Crippen molar-refractivity contribution < 1.29 is 4.74 Å². The van der Waals surface area contributed by atoms with Crippen LogP contribution in [0.25, 0.3) is 0 Å². The Morgan fingerprint density at radius 3 is 2.59 bits per heavy atom. The fraction of sp³-hybridized carbons (Fsp3) is 1.00. The first kappa shape index (κ1) is 13.3. The average molecular weight is 241 g/mol. The molecule has 100 valence electrons. The van der Waals surface area contributed by atoms with E-state index in [1.807, 2.05) is 0 Å². The number of hydrogen-bond acceptors (Lipinski definition) is 4. The van der Waals surface area contributed by atoms with Crippen LogP contribution in [-0.4, -0.2) is 67.3 Å². The summed E-state index contributed by atoms with van der Waals surface area (Å²) in [6.07, 6.45) is 2.02. The first-order chi connectivity index (χ1) is 8.13. The summed E-state index contributed by atoms with van der Waals surface area (Å²) >= 11 is 0. The van der Waals surface area contributed by atoms with Gasteiger partial charge >= 0.3 is 0 Å². The van der Waals surface area contributed by atoms with E-state index in [0.29, 0.717) is 6.04 Å². The molecular formula is C13H27N3O. The third kappa shape index (κ3) is 3.41. The van der Waals surface area contributed by atoms with Gasteiger partial charge in [-0.15, -0.1) is 0 Å². The van der Waals surface area contributed by atoms with E-state index in [1.54, 1.807) is 0 Å². The molecule has 0 spiro atoms. The third-order valence-corrected chi connectivity index (χ3v) is 4.28. The van der Waals surface area contributed by atoms with E-state index in [9.17, 15) is 0 Å². The van der Waals surface area contributed by atoms with Crippen LogP contribution in [0.15, 0.2) is 0 Å². The van der Waals surface area contributed by atoms with Gasteiger partial charge in [-0.2, -0.15) is 0 Å². The number of ether oxygens (including phenoxy) is 1. The summed E-state index contributed by atoms with van der Waals surface area (Å²) in [6.45, 7) is 11.9. The van der Waals surface area contributed by atoms with E-state index in [1.165, 1.54) is 6.54 Å². The molecule has 4 heteroatoms. The Kier molecular flexibility index (Phi) is 4.42. The van der Waals surface area contributed by atoms with Gasteiger partial charge in [0.25, 0.3) is 0 Å². The highest BCUT2D eigenvalue weighted by Crippen LogP contribution is 2.20. The van der Waals surface area contributed by atoms with E-state index < -0.39 is 0 Å². The van der Waals surface area contributed by atoms with Crippen LogP contribution in [0.3, 0.4) is 0 Å². The van der Waals surface area contributed by atoms with Gasteiger partial charge in [-0.25, -0.2) is 0 Å². The van der Waals surface area contributed by atoms with E-state index in [-0.39, 0.29) is 5.54 Å². The zero-order chi connectivity index (χ0) is 12.3. The van der Waals surface area contributed by atoms with Gasteiger partial charge in [0, 0.05) is 51.0 Å². The Morgan fingerprint density at radius 1 is 1.29 bits per heavy atom. The SMILES string of the molecule is CCN1CCN(CC2(N)CCOCC2)CC1C. The van der Waals surface area contributed by atoms with Crippen molar-refractivity contribution in [2.45, 2.75) is 38.3 Å². The van der Waals surface area contributed by atoms with E-state index >= 15 is 0 Å². The topological polar surface area (TPSA) is 41.7 Å². The van der Waals surface area contributed by atoms with Crippen molar-refractivity contribution in [2.24, 2.45) is 5.73 Å². The fourth-order valence-electron chi connectivity index (χ4n) is 3.07. The van der Waals surface area contributed by atoms with Crippen LogP contribution in [-0.2, 0) is 4.74 Å². The van der Waals surface area contributed by atoms with Gasteiger partial charge in [0.15, 0.2) is 0 Å². The van der Waals surface area contributed by atoms with E-state index in [0.717, 1.165) is 52.2 Å². The summed E-state index contributed by atoms with van der Waals surface area (Å²) in [5.74, 6) is 0. The molecule has 0 saturated carbocycles. The lowest BCUT2D eigenvalue weighted by Gasteiger charge is -2.44. The number of piperazine rings is 1. The second-order valence-electron chi connectivity index (χ2n) is 5.69. The number of rotatable bonds is 3. The first-order valence-corrected chi connectivity index (χ1v) is 6.96. The molecule has 0 bridgehead atoms. The van der Waals surface area contributed by atoms with Gasteiger partial charge in [0.1, 0.15) is 0 Å². The van der Waals surface area contributed by atoms with Crippen molar-refractivity contribution in [3.05, 3.63) is 0 Å². The lowest BCUT2D eigenvalue weighted by atomic mass is 9.90. The number of likely N-dealkylation sites (N-methyl/N-ethyl adjacent to an activating group) is 1. The quantitative estimate of drug-likeness (QED) is 0.782. The Hall–Kier alpha value is -0.160. The minimum Gasteiger partial charge on any atom is -0.381 e. The predicted octanol–water partition coefficient (Wildman–Crippen LogP) is 0.520. The Labute approximate surface area is 105 Å². The predicted molar refractivity (Wildman–Crippen MR) is 70.1 cm³/mol. The molecule has 0 radical (unpaired) electrons. The molecule has 2 heterocycles. The lowest BCUT2D eigenvalue weighted by Crippen LogP contribution is -2.59. The van der Waals surface area contributed by atoms with Crippen molar-refractivity contribution in [3.8, 4) is 0 Å². The third-order valence-electron chi connectivity index (χ3n) is 4.28. The molecule has 1 atom stereocenters. The summed E-state index contributed by atoms with van der Waals surface area (Å²) < 4.78 is 5.40. The highest BCUT2D eigenvalue weighted by atomic mass is 16.5. The molecule has 0 aromatic heterocycles. The Morgan fingerprint density at radius 2 is 2.00 bits per heavy atom. The Balaban J connectivity index is 1.83. The normalized spacial score (nSPS) is 31.6. The summed E-state index contributed by atoms with van der Waals surface area (Å²) in [7, 11) is 0. The van der Waals surface area contributed by atoms with Gasteiger partial charge in [0.2, 0.25) is 0 Å². The number of nitrogens with two attached hydrogens (primary N) is 1. The zero-order valence-corrected chi connectivity index (χ0v) is 11.3. The molecule has 4 nitrogen and oxygen atoms in total. The van der Waals surface area contributed by atoms with Crippen molar-refractivity contribution >= 4 is 0 Å². The molecule has 0 aromatic carbocycles. The molecule has 2 N–H and O–H groups in total. The lowest BCUT2D eigenvalue weighted by molar-refractivity contribution is 0.0192. The minimum atomic E-state index is -0.00758.